The van der Waals surface area contributed by atoms with Crippen molar-refractivity contribution in [3.05, 3.63) is 56.6 Å². The van der Waals surface area contributed by atoms with Crippen molar-refractivity contribution < 1.29 is 28.8 Å². The number of benzene rings is 2. The molecule has 0 unspecified atom stereocenters. The van der Waals surface area contributed by atoms with Crippen molar-refractivity contribution in [2.45, 2.75) is 0 Å². The summed E-state index contributed by atoms with van der Waals surface area (Å²) < 4.78 is 10.8. The Labute approximate surface area is 168 Å². The van der Waals surface area contributed by atoms with E-state index in [2.05, 4.69) is 5.32 Å². The first-order valence-electron chi connectivity index (χ1n) is 8.39. The molecular formula is C18H12ClN3O7. The number of nitrogens with zero attached hydrogens (tertiary/aromatic N) is 2. The highest BCUT2D eigenvalue weighted by Crippen LogP contribution is 2.38. The zero-order valence-electron chi connectivity index (χ0n) is 14.6. The molecule has 0 atom stereocenters. The van der Waals surface area contributed by atoms with E-state index >= 15 is 0 Å². The van der Waals surface area contributed by atoms with Crippen molar-refractivity contribution in [3.63, 3.8) is 0 Å². The lowest BCUT2D eigenvalue weighted by Crippen LogP contribution is -2.37. The van der Waals surface area contributed by atoms with Gasteiger partial charge in [0.2, 0.25) is 5.91 Å². The maximum atomic E-state index is 12.5. The van der Waals surface area contributed by atoms with Crippen LogP contribution >= 0.6 is 11.6 Å². The lowest BCUT2D eigenvalue weighted by molar-refractivity contribution is -0.384. The van der Waals surface area contributed by atoms with E-state index in [0.717, 1.165) is 17.0 Å². The molecule has 0 saturated carbocycles. The second kappa shape index (κ2) is 7.06. The van der Waals surface area contributed by atoms with Crippen LogP contribution in [0.5, 0.6) is 11.5 Å². The molecule has 0 bridgehead atoms. The number of carbonyl (C=O) groups is 3. The molecule has 0 radical (unpaired) electrons. The van der Waals surface area contributed by atoms with Gasteiger partial charge in [0.05, 0.1) is 26.8 Å². The number of hydrogen-bond donors (Lipinski definition) is 1. The van der Waals surface area contributed by atoms with Crippen LogP contribution in [-0.2, 0) is 4.79 Å². The standard InChI is InChI=1S/C18H12ClN3O7/c19-12-6-14-15(29-4-3-28-14)7-13(12)20-16(23)8-21-17(24)10-2-1-9(22(26)27)5-11(10)18(21)25/h1-2,5-7H,3-4,8H2,(H,20,23). The number of anilines is 1. The number of nitro benzene ring substituents is 1. The normalized spacial score (nSPS) is 14.6. The predicted molar refractivity (Wildman–Crippen MR) is 99.5 cm³/mol. The van der Waals surface area contributed by atoms with E-state index < -0.39 is 29.2 Å². The van der Waals surface area contributed by atoms with E-state index in [1.54, 1.807) is 0 Å². The van der Waals surface area contributed by atoms with Crippen LogP contribution in [0, 0.1) is 10.1 Å². The third kappa shape index (κ3) is 3.34. The van der Waals surface area contributed by atoms with Gasteiger partial charge in [-0.3, -0.25) is 29.4 Å². The number of rotatable bonds is 4. The van der Waals surface area contributed by atoms with Crippen molar-refractivity contribution in [1.82, 2.24) is 4.90 Å². The Hall–Kier alpha value is -3.66. The van der Waals surface area contributed by atoms with E-state index in [1.165, 1.54) is 18.2 Å². The largest absolute Gasteiger partial charge is 0.486 e. The number of hydrogen-bond acceptors (Lipinski definition) is 7. The first-order valence-corrected chi connectivity index (χ1v) is 8.76. The number of fused-ring (bicyclic) bond motifs is 2. The van der Waals surface area contributed by atoms with Gasteiger partial charge in [0.1, 0.15) is 19.8 Å². The maximum Gasteiger partial charge on any atom is 0.270 e. The first-order chi connectivity index (χ1) is 13.8. The highest BCUT2D eigenvalue weighted by Gasteiger charge is 2.38. The molecule has 29 heavy (non-hydrogen) atoms. The van der Waals surface area contributed by atoms with E-state index in [9.17, 15) is 24.5 Å². The fourth-order valence-electron chi connectivity index (χ4n) is 3.03. The average Bonchev–Trinajstić information content (AvgIpc) is 2.93. The minimum absolute atomic E-state index is 0.00534. The van der Waals surface area contributed by atoms with Crippen LogP contribution < -0.4 is 14.8 Å². The van der Waals surface area contributed by atoms with Crippen molar-refractivity contribution in [1.29, 1.82) is 0 Å². The van der Waals surface area contributed by atoms with Crippen molar-refractivity contribution in [2.24, 2.45) is 0 Å². The zero-order valence-corrected chi connectivity index (χ0v) is 15.4. The van der Waals surface area contributed by atoms with E-state index in [0.29, 0.717) is 24.7 Å². The number of imide groups is 1. The molecule has 0 spiro atoms. The molecule has 0 saturated heterocycles. The lowest BCUT2D eigenvalue weighted by Gasteiger charge is -2.20. The molecule has 3 amide bonds. The van der Waals surface area contributed by atoms with Crippen molar-refractivity contribution in [2.75, 3.05) is 25.1 Å². The highest BCUT2D eigenvalue weighted by atomic mass is 35.5. The van der Waals surface area contributed by atoms with Gasteiger partial charge < -0.3 is 14.8 Å². The van der Waals surface area contributed by atoms with Gasteiger partial charge in [-0.15, -0.1) is 0 Å². The summed E-state index contributed by atoms with van der Waals surface area (Å²) in [6.45, 7) is 0.154. The molecule has 11 heteroatoms. The maximum absolute atomic E-state index is 12.5. The third-order valence-corrected chi connectivity index (χ3v) is 4.69. The number of nitrogens with one attached hydrogen (secondary N) is 1. The van der Waals surface area contributed by atoms with Gasteiger partial charge in [0, 0.05) is 24.3 Å². The Bertz CT molecular complexity index is 1090. The van der Waals surface area contributed by atoms with Gasteiger partial charge in [-0.2, -0.15) is 0 Å². The number of non-ortho nitro benzene ring substituents is 1. The summed E-state index contributed by atoms with van der Waals surface area (Å²) in [4.78, 5) is 48.2. The summed E-state index contributed by atoms with van der Waals surface area (Å²) in [5, 5.41) is 13.6. The molecule has 0 aliphatic carbocycles. The Balaban J connectivity index is 1.51. The first kappa shape index (κ1) is 18.7. The van der Waals surface area contributed by atoms with Crippen LogP contribution in [0.15, 0.2) is 30.3 Å². The number of ether oxygens (including phenoxy) is 2. The van der Waals surface area contributed by atoms with Gasteiger partial charge in [0.15, 0.2) is 11.5 Å². The molecule has 2 aliphatic heterocycles. The van der Waals surface area contributed by atoms with Crippen LogP contribution in [0.4, 0.5) is 11.4 Å². The fourth-order valence-corrected chi connectivity index (χ4v) is 3.23. The van der Waals surface area contributed by atoms with Crippen LogP contribution in [0.3, 0.4) is 0 Å². The predicted octanol–water partition coefficient (Wildman–Crippen LogP) is 2.25. The molecular weight excluding hydrogens is 406 g/mol. The fraction of sp³-hybridized carbons (Fsp3) is 0.167. The third-order valence-electron chi connectivity index (χ3n) is 4.37. The van der Waals surface area contributed by atoms with Crippen LogP contribution in [0.2, 0.25) is 5.02 Å². The quantitative estimate of drug-likeness (QED) is 0.459. The van der Waals surface area contributed by atoms with Crippen molar-refractivity contribution >= 4 is 40.7 Å². The van der Waals surface area contributed by atoms with Crippen LogP contribution in [-0.4, -0.2) is 47.3 Å². The van der Waals surface area contributed by atoms with Gasteiger partial charge in [-0.05, 0) is 6.07 Å². The van der Waals surface area contributed by atoms with E-state index in [1.807, 2.05) is 0 Å². The smallest absolute Gasteiger partial charge is 0.270 e. The van der Waals surface area contributed by atoms with Crippen molar-refractivity contribution in [3.8, 4) is 11.5 Å². The Morgan fingerprint density at radius 2 is 1.76 bits per heavy atom. The van der Waals surface area contributed by atoms with E-state index in [4.69, 9.17) is 21.1 Å². The minimum atomic E-state index is -0.780. The molecule has 2 aromatic rings. The Morgan fingerprint density at radius 1 is 1.10 bits per heavy atom. The molecule has 0 fully saturated rings. The average molecular weight is 418 g/mol. The van der Waals surface area contributed by atoms with Crippen LogP contribution in [0.25, 0.3) is 0 Å². The summed E-state index contributed by atoms with van der Waals surface area (Å²) in [7, 11) is 0. The number of nitro groups is 1. The van der Waals surface area contributed by atoms with Gasteiger partial charge in [0.25, 0.3) is 17.5 Å². The Kier molecular flexibility index (Phi) is 4.55. The number of amides is 3. The number of carbonyl (C=O) groups excluding carboxylic acids is 3. The zero-order chi connectivity index (χ0) is 20.7. The SMILES string of the molecule is O=C(CN1C(=O)c2ccc([N+](=O)[O-])cc2C1=O)Nc1cc2c(cc1Cl)OCCO2. The minimum Gasteiger partial charge on any atom is -0.486 e. The lowest BCUT2D eigenvalue weighted by atomic mass is 10.1. The molecule has 1 N–H and O–H groups in total. The summed E-state index contributed by atoms with van der Waals surface area (Å²) in [5.41, 5.74) is -0.201. The second-order valence-electron chi connectivity index (χ2n) is 6.21. The summed E-state index contributed by atoms with van der Waals surface area (Å²) >= 11 is 6.14. The molecule has 2 aromatic carbocycles. The van der Waals surface area contributed by atoms with Gasteiger partial charge >= 0.3 is 0 Å². The molecule has 148 valence electrons. The molecule has 0 aromatic heterocycles. The highest BCUT2D eigenvalue weighted by molar-refractivity contribution is 6.34. The summed E-state index contributed by atoms with van der Waals surface area (Å²) in [6, 6.07) is 6.32. The molecule has 2 aliphatic rings. The monoisotopic (exact) mass is 417 g/mol. The van der Waals surface area contributed by atoms with E-state index in [-0.39, 0.29) is 27.5 Å². The summed E-state index contributed by atoms with van der Waals surface area (Å²) in [5.74, 6) is -1.31. The second-order valence-corrected chi connectivity index (χ2v) is 6.61. The summed E-state index contributed by atoms with van der Waals surface area (Å²) in [6.07, 6.45) is 0. The van der Waals surface area contributed by atoms with Crippen LogP contribution in [0.1, 0.15) is 20.7 Å². The topological polar surface area (TPSA) is 128 Å². The van der Waals surface area contributed by atoms with Gasteiger partial charge in [-0.1, -0.05) is 11.6 Å². The molecule has 2 heterocycles. The number of halogens is 1. The molecule has 10 nitrogen and oxygen atoms in total. The molecule has 4 rings (SSSR count). The van der Waals surface area contributed by atoms with Gasteiger partial charge in [-0.25, -0.2) is 0 Å². The Morgan fingerprint density at radius 3 is 2.45 bits per heavy atom.